The Morgan fingerprint density at radius 1 is 1.03 bits per heavy atom. The van der Waals surface area contributed by atoms with Gasteiger partial charge in [-0.25, -0.2) is 4.79 Å². The highest BCUT2D eigenvalue weighted by atomic mass is 16.6. The number of esters is 1. The largest absolute Gasteiger partial charge is 0.493 e. The van der Waals surface area contributed by atoms with Crippen LogP contribution in [0.15, 0.2) is 71.1 Å². The molecule has 0 bridgehead atoms. The molecule has 2 aromatic carbocycles. The standard InChI is InChI=1S/C28H31NO6/c1-18-25(28(31)34-15-14-32-2)26(27-21(29-18)10-7-11-22(27)30)20-12-13-23(24(16-20)33-3)35-17-19-8-5-4-6-9-19/h4-6,8-9,12-13,16,26,29H,7,10-11,14-15,17H2,1-3H3/t26-/m0/s1. The van der Waals surface area contributed by atoms with E-state index in [0.29, 0.717) is 48.0 Å². The zero-order valence-corrected chi connectivity index (χ0v) is 20.4. The van der Waals surface area contributed by atoms with E-state index in [2.05, 4.69) is 5.32 Å². The van der Waals surface area contributed by atoms with Crippen molar-refractivity contribution < 1.29 is 28.5 Å². The number of rotatable bonds is 9. The van der Waals surface area contributed by atoms with Crippen LogP contribution in [0.1, 0.15) is 43.2 Å². The smallest absolute Gasteiger partial charge is 0.336 e. The first-order chi connectivity index (χ1) is 17.0. The Balaban J connectivity index is 1.69. The number of allylic oxidation sites excluding steroid dienone is 3. The molecule has 0 saturated carbocycles. The van der Waals surface area contributed by atoms with Crippen molar-refractivity contribution in [3.8, 4) is 11.5 Å². The summed E-state index contributed by atoms with van der Waals surface area (Å²) in [6.45, 7) is 2.67. The molecule has 0 fully saturated rings. The molecule has 35 heavy (non-hydrogen) atoms. The highest BCUT2D eigenvalue weighted by Crippen LogP contribution is 2.44. The fraction of sp³-hybridized carbons (Fsp3) is 0.357. The minimum absolute atomic E-state index is 0.0433. The second kappa shape index (κ2) is 11.2. The average Bonchev–Trinajstić information content (AvgIpc) is 2.87. The number of ether oxygens (including phenoxy) is 4. The van der Waals surface area contributed by atoms with E-state index < -0.39 is 11.9 Å². The van der Waals surface area contributed by atoms with E-state index in [0.717, 1.165) is 29.7 Å². The lowest BCUT2D eigenvalue weighted by molar-refractivity contribution is -0.140. The summed E-state index contributed by atoms with van der Waals surface area (Å²) >= 11 is 0. The SMILES string of the molecule is COCCOC(=O)C1=C(C)NC2=C(C(=O)CCC2)[C@H]1c1ccc(OCc2ccccc2)c(OC)c1. The van der Waals surface area contributed by atoms with Crippen molar-refractivity contribution in [2.75, 3.05) is 27.4 Å². The van der Waals surface area contributed by atoms with E-state index in [4.69, 9.17) is 18.9 Å². The summed E-state index contributed by atoms with van der Waals surface area (Å²) in [5.41, 5.74) is 4.43. The van der Waals surface area contributed by atoms with Crippen LogP contribution in [0.4, 0.5) is 0 Å². The Hall–Kier alpha value is -3.58. The molecule has 7 heteroatoms. The van der Waals surface area contributed by atoms with Gasteiger partial charge in [-0.3, -0.25) is 4.79 Å². The van der Waals surface area contributed by atoms with Crippen LogP contribution in [-0.4, -0.2) is 39.2 Å². The molecule has 2 aliphatic rings. The van der Waals surface area contributed by atoms with Crippen molar-refractivity contribution in [3.63, 3.8) is 0 Å². The number of carbonyl (C=O) groups is 2. The maximum atomic E-state index is 13.2. The zero-order chi connectivity index (χ0) is 24.8. The van der Waals surface area contributed by atoms with Crippen molar-refractivity contribution in [2.45, 2.75) is 38.7 Å². The lowest BCUT2D eigenvalue weighted by atomic mass is 9.75. The molecule has 0 spiro atoms. The van der Waals surface area contributed by atoms with E-state index in [-0.39, 0.29) is 12.4 Å². The van der Waals surface area contributed by atoms with Crippen molar-refractivity contribution >= 4 is 11.8 Å². The highest BCUT2D eigenvalue weighted by molar-refractivity contribution is 6.03. The topological polar surface area (TPSA) is 83.1 Å². The van der Waals surface area contributed by atoms with Gasteiger partial charge in [0.25, 0.3) is 0 Å². The third-order valence-corrected chi connectivity index (χ3v) is 6.27. The van der Waals surface area contributed by atoms with Crippen molar-refractivity contribution in [3.05, 3.63) is 82.2 Å². The summed E-state index contributed by atoms with van der Waals surface area (Å²) in [6.07, 6.45) is 2.00. The molecular weight excluding hydrogens is 446 g/mol. The van der Waals surface area contributed by atoms with Crippen LogP contribution in [0.2, 0.25) is 0 Å². The first-order valence-corrected chi connectivity index (χ1v) is 11.8. The first-order valence-electron chi connectivity index (χ1n) is 11.8. The molecule has 1 aliphatic heterocycles. The van der Waals surface area contributed by atoms with Gasteiger partial charge in [0.1, 0.15) is 13.2 Å². The Morgan fingerprint density at radius 3 is 2.57 bits per heavy atom. The molecule has 1 heterocycles. The minimum Gasteiger partial charge on any atom is -0.493 e. The molecule has 0 unspecified atom stereocenters. The van der Waals surface area contributed by atoms with Crippen molar-refractivity contribution in [1.29, 1.82) is 0 Å². The predicted molar refractivity (Wildman–Crippen MR) is 131 cm³/mol. The third kappa shape index (κ3) is 5.41. The van der Waals surface area contributed by atoms with Gasteiger partial charge in [-0.15, -0.1) is 0 Å². The van der Waals surface area contributed by atoms with Gasteiger partial charge in [-0.2, -0.15) is 0 Å². The summed E-state index contributed by atoms with van der Waals surface area (Å²) in [4.78, 5) is 26.2. The minimum atomic E-state index is -0.550. The van der Waals surface area contributed by atoms with E-state index in [1.807, 2.05) is 55.5 Å². The fourth-order valence-electron chi connectivity index (χ4n) is 4.60. The Kier molecular flexibility index (Phi) is 7.87. The maximum Gasteiger partial charge on any atom is 0.336 e. The quantitative estimate of drug-likeness (QED) is 0.423. The van der Waals surface area contributed by atoms with Gasteiger partial charge >= 0.3 is 5.97 Å². The van der Waals surface area contributed by atoms with E-state index in [1.54, 1.807) is 14.2 Å². The van der Waals surface area contributed by atoms with Crippen LogP contribution in [0.5, 0.6) is 11.5 Å². The summed E-state index contributed by atoms with van der Waals surface area (Å²) in [5.74, 6) is 0.147. The van der Waals surface area contributed by atoms with Crippen LogP contribution < -0.4 is 14.8 Å². The van der Waals surface area contributed by atoms with Gasteiger partial charge in [0, 0.05) is 36.4 Å². The lowest BCUT2D eigenvalue weighted by Gasteiger charge is -2.34. The number of carbonyl (C=O) groups excluding carboxylic acids is 2. The molecular formula is C28H31NO6. The normalized spacial score (nSPS) is 17.6. The van der Waals surface area contributed by atoms with Crippen LogP contribution in [-0.2, 0) is 25.7 Å². The Morgan fingerprint density at radius 2 is 1.83 bits per heavy atom. The molecule has 4 rings (SSSR count). The number of nitrogens with one attached hydrogen (secondary N) is 1. The fourth-order valence-corrected chi connectivity index (χ4v) is 4.60. The summed E-state index contributed by atoms with van der Waals surface area (Å²) in [5, 5.41) is 3.30. The van der Waals surface area contributed by atoms with Gasteiger partial charge in [0.15, 0.2) is 17.3 Å². The van der Waals surface area contributed by atoms with Crippen molar-refractivity contribution in [2.24, 2.45) is 0 Å². The lowest BCUT2D eigenvalue weighted by Crippen LogP contribution is -2.34. The second-order valence-electron chi connectivity index (χ2n) is 8.58. The number of benzene rings is 2. The number of methoxy groups -OCH3 is 2. The van der Waals surface area contributed by atoms with Gasteiger partial charge in [-0.1, -0.05) is 36.4 Å². The number of hydrogen-bond acceptors (Lipinski definition) is 7. The molecule has 2 aromatic rings. The third-order valence-electron chi connectivity index (χ3n) is 6.27. The monoisotopic (exact) mass is 477 g/mol. The number of Topliss-reactive ketones (excluding diaryl/α,β-unsaturated/α-hetero) is 1. The molecule has 0 aromatic heterocycles. The Labute approximate surface area is 205 Å². The second-order valence-corrected chi connectivity index (χ2v) is 8.58. The number of dihydropyridines is 1. The summed E-state index contributed by atoms with van der Waals surface area (Å²) in [7, 11) is 3.13. The zero-order valence-electron chi connectivity index (χ0n) is 20.4. The number of hydrogen-bond donors (Lipinski definition) is 1. The first kappa shape index (κ1) is 24.5. The molecule has 0 saturated heterocycles. The van der Waals surface area contributed by atoms with Gasteiger partial charge in [0.05, 0.1) is 19.3 Å². The average molecular weight is 478 g/mol. The van der Waals surface area contributed by atoms with Gasteiger partial charge < -0.3 is 24.3 Å². The van der Waals surface area contributed by atoms with Crippen molar-refractivity contribution in [1.82, 2.24) is 5.32 Å². The predicted octanol–water partition coefficient (Wildman–Crippen LogP) is 4.43. The van der Waals surface area contributed by atoms with E-state index in [1.165, 1.54) is 0 Å². The number of ketones is 1. The van der Waals surface area contributed by atoms with E-state index >= 15 is 0 Å². The van der Waals surface area contributed by atoms with Crippen LogP contribution in [0, 0.1) is 0 Å². The molecule has 0 amide bonds. The highest BCUT2D eigenvalue weighted by Gasteiger charge is 2.39. The molecule has 1 aliphatic carbocycles. The van der Waals surface area contributed by atoms with E-state index in [9.17, 15) is 9.59 Å². The maximum absolute atomic E-state index is 13.2. The molecule has 1 atom stereocenters. The van der Waals surface area contributed by atoms with Crippen LogP contribution in [0.3, 0.4) is 0 Å². The summed E-state index contributed by atoms with van der Waals surface area (Å²) < 4.78 is 22.1. The Bertz CT molecular complexity index is 1150. The van der Waals surface area contributed by atoms with Crippen LogP contribution in [0.25, 0.3) is 0 Å². The van der Waals surface area contributed by atoms with Gasteiger partial charge in [0.2, 0.25) is 0 Å². The molecule has 184 valence electrons. The van der Waals surface area contributed by atoms with Gasteiger partial charge in [-0.05, 0) is 43.0 Å². The molecule has 1 N–H and O–H groups in total. The van der Waals surface area contributed by atoms with Crippen LogP contribution >= 0.6 is 0 Å². The molecule has 0 radical (unpaired) electrons. The molecule has 7 nitrogen and oxygen atoms in total. The summed E-state index contributed by atoms with van der Waals surface area (Å²) in [6, 6.07) is 15.4.